The van der Waals surface area contributed by atoms with E-state index in [0.717, 1.165) is 18.7 Å². The standard InChI is InChI=1S/C11H19N3O/c1-4-6-11(15)13-9(3)10-7-8-12-14(10)5-2/h7-9H,4-6H2,1-3H3,(H,13,15). The van der Waals surface area contributed by atoms with Crippen molar-refractivity contribution in [2.24, 2.45) is 0 Å². The van der Waals surface area contributed by atoms with Crippen molar-refractivity contribution in [1.82, 2.24) is 15.1 Å². The number of nitrogens with zero attached hydrogens (tertiary/aromatic N) is 2. The van der Waals surface area contributed by atoms with E-state index in [0.29, 0.717) is 6.42 Å². The van der Waals surface area contributed by atoms with Crippen molar-refractivity contribution in [2.45, 2.75) is 46.2 Å². The van der Waals surface area contributed by atoms with Crippen LogP contribution in [0.2, 0.25) is 0 Å². The molecule has 0 radical (unpaired) electrons. The molecule has 1 rings (SSSR count). The molecule has 0 aliphatic heterocycles. The lowest BCUT2D eigenvalue weighted by molar-refractivity contribution is -0.121. The lowest BCUT2D eigenvalue weighted by Gasteiger charge is -2.14. The highest BCUT2D eigenvalue weighted by Crippen LogP contribution is 2.11. The summed E-state index contributed by atoms with van der Waals surface area (Å²) in [7, 11) is 0. The van der Waals surface area contributed by atoms with E-state index in [9.17, 15) is 4.79 Å². The van der Waals surface area contributed by atoms with E-state index in [1.54, 1.807) is 6.20 Å². The molecule has 1 unspecified atom stereocenters. The molecule has 0 aliphatic carbocycles. The molecule has 1 atom stereocenters. The van der Waals surface area contributed by atoms with Crippen LogP contribution in [-0.4, -0.2) is 15.7 Å². The third-order valence-corrected chi connectivity index (χ3v) is 2.35. The van der Waals surface area contributed by atoms with Gasteiger partial charge in [0.1, 0.15) is 0 Å². The van der Waals surface area contributed by atoms with Gasteiger partial charge in [-0.3, -0.25) is 9.48 Å². The molecule has 4 heteroatoms. The molecule has 0 saturated carbocycles. The number of rotatable bonds is 5. The molecule has 84 valence electrons. The molecule has 1 N–H and O–H groups in total. The van der Waals surface area contributed by atoms with Gasteiger partial charge in [-0.25, -0.2) is 0 Å². The van der Waals surface area contributed by atoms with Gasteiger partial charge in [0.05, 0.1) is 11.7 Å². The molecular formula is C11H19N3O. The summed E-state index contributed by atoms with van der Waals surface area (Å²) in [5.74, 6) is 0.105. The molecule has 1 aromatic heterocycles. The van der Waals surface area contributed by atoms with E-state index in [4.69, 9.17) is 0 Å². The lowest BCUT2D eigenvalue weighted by Crippen LogP contribution is -2.27. The van der Waals surface area contributed by atoms with E-state index >= 15 is 0 Å². The zero-order chi connectivity index (χ0) is 11.3. The Morgan fingerprint density at radius 1 is 1.60 bits per heavy atom. The Labute approximate surface area is 90.7 Å². The first-order chi connectivity index (χ1) is 7.19. The second kappa shape index (κ2) is 5.53. The van der Waals surface area contributed by atoms with Gasteiger partial charge < -0.3 is 5.32 Å². The van der Waals surface area contributed by atoms with Gasteiger partial charge in [-0.1, -0.05) is 6.92 Å². The molecule has 0 aromatic carbocycles. The zero-order valence-electron chi connectivity index (χ0n) is 9.66. The van der Waals surface area contributed by atoms with Crippen LogP contribution in [0.1, 0.15) is 45.3 Å². The molecule has 0 bridgehead atoms. The van der Waals surface area contributed by atoms with Gasteiger partial charge in [0.2, 0.25) is 5.91 Å². The summed E-state index contributed by atoms with van der Waals surface area (Å²) in [5.41, 5.74) is 1.06. The molecule has 4 nitrogen and oxygen atoms in total. The van der Waals surface area contributed by atoms with Crippen LogP contribution in [0.4, 0.5) is 0 Å². The largest absolute Gasteiger partial charge is 0.348 e. The van der Waals surface area contributed by atoms with Crippen molar-refractivity contribution < 1.29 is 4.79 Å². The highest BCUT2D eigenvalue weighted by molar-refractivity contribution is 5.76. The monoisotopic (exact) mass is 209 g/mol. The lowest BCUT2D eigenvalue weighted by atomic mass is 10.2. The van der Waals surface area contributed by atoms with E-state index in [1.807, 2.05) is 31.5 Å². The molecule has 0 fully saturated rings. The number of aryl methyl sites for hydroxylation is 1. The van der Waals surface area contributed by atoms with Gasteiger partial charge in [0, 0.05) is 19.2 Å². The number of nitrogens with one attached hydrogen (secondary N) is 1. The van der Waals surface area contributed by atoms with Gasteiger partial charge in [-0.2, -0.15) is 5.10 Å². The Bertz CT molecular complexity index is 319. The SMILES string of the molecule is CCCC(=O)NC(C)c1ccnn1CC. The predicted molar refractivity (Wildman–Crippen MR) is 59.4 cm³/mol. The third kappa shape index (κ3) is 3.08. The average molecular weight is 209 g/mol. The maximum Gasteiger partial charge on any atom is 0.220 e. The first-order valence-corrected chi connectivity index (χ1v) is 5.50. The molecule has 1 heterocycles. The Kier molecular flexibility index (Phi) is 4.34. The summed E-state index contributed by atoms with van der Waals surface area (Å²) in [4.78, 5) is 11.4. The van der Waals surface area contributed by atoms with Crippen LogP contribution in [0.3, 0.4) is 0 Å². The van der Waals surface area contributed by atoms with Gasteiger partial charge >= 0.3 is 0 Å². The van der Waals surface area contributed by atoms with Gasteiger partial charge in [-0.05, 0) is 26.3 Å². The fourth-order valence-corrected chi connectivity index (χ4v) is 1.59. The van der Waals surface area contributed by atoms with Crippen molar-refractivity contribution in [3.63, 3.8) is 0 Å². The van der Waals surface area contributed by atoms with Crippen LogP contribution in [-0.2, 0) is 11.3 Å². The molecule has 0 saturated heterocycles. The number of amides is 1. The Morgan fingerprint density at radius 2 is 2.33 bits per heavy atom. The van der Waals surface area contributed by atoms with E-state index in [1.165, 1.54) is 0 Å². The summed E-state index contributed by atoms with van der Waals surface area (Å²) in [5, 5.41) is 7.13. The average Bonchev–Trinajstić information content (AvgIpc) is 2.65. The Morgan fingerprint density at radius 3 is 2.93 bits per heavy atom. The minimum Gasteiger partial charge on any atom is -0.348 e. The van der Waals surface area contributed by atoms with Crippen LogP contribution in [0, 0.1) is 0 Å². The van der Waals surface area contributed by atoms with Crippen molar-refractivity contribution in [3.8, 4) is 0 Å². The zero-order valence-corrected chi connectivity index (χ0v) is 9.66. The van der Waals surface area contributed by atoms with Crippen molar-refractivity contribution in [2.75, 3.05) is 0 Å². The second-order valence-electron chi connectivity index (χ2n) is 3.61. The van der Waals surface area contributed by atoms with Gasteiger partial charge in [0.25, 0.3) is 0 Å². The van der Waals surface area contributed by atoms with Crippen LogP contribution >= 0.6 is 0 Å². The molecular weight excluding hydrogens is 190 g/mol. The van der Waals surface area contributed by atoms with Crippen molar-refractivity contribution in [1.29, 1.82) is 0 Å². The summed E-state index contributed by atoms with van der Waals surface area (Å²) in [6, 6.07) is 1.98. The maximum absolute atomic E-state index is 11.4. The smallest absolute Gasteiger partial charge is 0.220 e. The maximum atomic E-state index is 11.4. The van der Waals surface area contributed by atoms with Crippen LogP contribution < -0.4 is 5.32 Å². The highest BCUT2D eigenvalue weighted by Gasteiger charge is 2.12. The molecule has 1 amide bonds. The molecule has 1 aromatic rings. The predicted octanol–water partition coefficient (Wildman–Crippen LogP) is 1.88. The normalized spacial score (nSPS) is 12.5. The van der Waals surface area contributed by atoms with Crippen LogP contribution in [0.5, 0.6) is 0 Å². The van der Waals surface area contributed by atoms with E-state index in [2.05, 4.69) is 10.4 Å². The quantitative estimate of drug-likeness (QED) is 0.804. The minimum absolute atomic E-state index is 0.0338. The topological polar surface area (TPSA) is 46.9 Å². The van der Waals surface area contributed by atoms with Gasteiger partial charge in [-0.15, -0.1) is 0 Å². The van der Waals surface area contributed by atoms with Crippen molar-refractivity contribution in [3.05, 3.63) is 18.0 Å². The molecule has 15 heavy (non-hydrogen) atoms. The second-order valence-corrected chi connectivity index (χ2v) is 3.61. The minimum atomic E-state index is 0.0338. The van der Waals surface area contributed by atoms with Crippen LogP contribution in [0.15, 0.2) is 12.3 Å². The number of aromatic nitrogens is 2. The summed E-state index contributed by atoms with van der Waals surface area (Å²) < 4.78 is 1.90. The third-order valence-electron chi connectivity index (χ3n) is 2.35. The first-order valence-electron chi connectivity index (χ1n) is 5.50. The van der Waals surface area contributed by atoms with Gasteiger partial charge in [0.15, 0.2) is 0 Å². The highest BCUT2D eigenvalue weighted by atomic mass is 16.1. The summed E-state index contributed by atoms with van der Waals surface area (Å²) in [6.45, 7) is 6.85. The number of carbonyl (C=O) groups excluding carboxylic acids is 1. The Hall–Kier alpha value is -1.32. The van der Waals surface area contributed by atoms with E-state index < -0.39 is 0 Å². The summed E-state index contributed by atoms with van der Waals surface area (Å²) >= 11 is 0. The first kappa shape index (κ1) is 11.8. The molecule has 0 aliphatic rings. The van der Waals surface area contributed by atoms with Crippen LogP contribution in [0.25, 0.3) is 0 Å². The number of hydrogen-bond donors (Lipinski definition) is 1. The van der Waals surface area contributed by atoms with Crippen molar-refractivity contribution >= 4 is 5.91 Å². The number of carbonyl (C=O) groups is 1. The fraction of sp³-hybridized carbons (Fsp3) is 0.636. The summed E-state index contributed by atoms with van der Waals surface area (Å²) in [6.07, 6.45) is 3.23. The Balaban J connectivity index is 2.60. The van der Waals surface area contributed by atoms with E-state index in [-0.39, 0.29) is 11.9 Å². The number of hydrogen-bond acceptors (Lipinski definition) is 2. The fourth-order valence-electron chi connectivity index (χ4n) is 1.59. The molecule has 0 spiro atoms.